The SMILES string of the molecule is CCOc1cc(/C=c2/sc3n(c2=O)[C@H](c2ccc(C(C)C)cc2)C(C(=O)Nc2ccccc2)=C(C)N=3)ccc1OCc1ccccc1C#N. The molecule has 0 spiro atoms. The van der Waals surface area contributed by atoms with Crippen LogP contribution in [0.4, 0.5) is 5.69 Å². The maximum Gasteiger partial charge on any atom is 0.271 e. The van der Waals surface area contributed by atoms with E-state index in [0.29, 0.717) is 55.9 Å². The van der Waals surface area contributed by atoms with E-state index in [1.165, 1.54) is 16.9 Å². The minimum atomic E-state index is -0.672. The first-order chi connectivity index (χ1) is 23.8. The number of hydrogen-bond acceptors (Lipinski definition) is 7. The van der Waals surface area contributed by atoms with Gasteiger partial charge in [0, 0.05) is 11.3 Å². The predicted octanol–water partition coefficient (Wildman–Crippen LogP) is 6.85. The van der Waals surface area contributed by atoms with Gasteiger partial charge in [-0.05, 0) is 72.9 Å². The van der Waals surface area contributed by atoms with Crippen molar-refractivity contribution in [2.45, 2.75) is 46.3 Å². The van der Waals surface area contributed by atoms with Crippen molar-refractivity contribution in [1.82, 2.24) is 4.57 Å². The Hall–Kier alpha value is -5.72. The Bertz CT molecular complexity index is 2260. The lowest BCUT2D eigenvalue weighted by Gasteiger charge is -2.25. The number of para-hydroxylation sites is 1. The zero-order chi connectivity index (χ0) is 34.5. The van der Waals surface area contributed by atoms with Crippen LogP contribution in [0.15, 0.2) is 118 Å². The third kappa shape index (κ3) is 7.10. The number of nitrogens with zero attached hydrogens (tertiary/aromatic N) is 3. The fraction of sp³-hybridized carbons (Fsp3) is 0.200. The van der Waals surface area contributed by atoms with Crippen LogP contribution in [0, 0.1) is 11.3 Å². The Morgan fingerprint density at radius 2 is 1.73 bits per heavy atom. The van der Waals surface area contributed by atoms with Gasteiger partial charge in [0.05, 0.1) is 40.1 Å². The van der Waals surface area contributed by atoms with Gasteiger partial charge in [-0.2, -0.15) is 5.26 Å². The molecule has 0 radical (unpaired) electrons. The predicted molar refractivity (Wildman–Crippen MR) is 192 cm³/mol. The summed E-state index contributed by atoms with van der Waals surface area (Å²) >= 11 is 1.28. The van der Waals surface area contributed by atoms with Crippen LogP contribution in [0.1, 0.15) is 67.5 Å². The van der Waals surface area contributed by atoms with Crippen LogP contribution >= 0.6 is 11.3 Å². The lowest BCUT2D eigenvalue weighted by atomic mass is 9.93. The number of carbonyl (C=O) groups excluding carboxylic acids is 1. The summed E-state index contributed by atoms with van der Waals surface area (Å²) in [6.07, 6.45) is 1.81. The molecular weight excluding hydrogens is 633 g/mol. The number of aromatic nitrogens is 1. The Kier molecular flexibility index (Phi) is 9.88. The number of amides is 1. The smallest absolute Gasteiger partial charge is 0.271 e. The summed E-state index contributed by atoms with van der Waals surface area (Å²) in [7, 11) is 0. The van der Waals surface area contributed by atoms with Gasteiger partial charge in [0.2, 0.25) is 0 Å². The lowest BCUT2D eigenvalue weighted by molar-refractivity contribution is -0.113. The van der Waals surface area contributed by atoms with E-state index in [1.807, 2.05) is 92.7 Å². The summed E-state index contributed by atoms with van der Waals surface area (Å²) in [5.41, 5.74) is 5.44. The molecule has 1 atom stereocenters. The quantitative estimate of drug-likeness (QED) is 0.175. The van der Waals surface area contributed by atoms with E-state index in [0.717, 1.165) is 16.7 Å². The van der Waals surface area contributed by atoms with Gasteiger partial charge in [0.1, 0.15) is 6.61 Å². The molecule has 0 saturated carbocycles. The molecule has 0 bridgehead atoms. The molecule has 246 valence electrons. The maximum atomic E-state index is 14.3. The molecule has 2 heterocycles. The summed E-state index contributed by atoms with van der Waals surface area (Å²) < 4.78 is 14.1. The molecule has 49 heavy (non-hydrogen) atoms. The van der Waals surface area contributed by atoms with Gasteiger partial charge in [-0.1, -0.05) is 91.9 Å². The van der Waals surface area contributed by atoms with Crippen LogP contribution < -0.4 is 29.7 Å². The van der Waals surface area contributed by atoms with Crippen molar-refractivity contribution in [3.63, 3.8) is 0 Å². The first-order valence-electron chi connectivity index (χ1n) is 16.1. The molecule has 8 nitrogen and oxygen atoms in total. The fourth-order valence-corrected chi connectivity index (χ4v) is 6.82. The standard InChI is InChI=1S/C40H36N4O4S/c1-5-47-34-21-27(15-20-33(34)48-24-31-12-10-9-11-30(31)23-41)22-35-39(46)44-37(29-18-16-28(17-19-29)25(2)3)36(26(4)42-40(44)49-35)38(45)43-32-13-7-6-8-14-32/h6-22,25,37H,5,24H2,1-4H3,(H,43,45)/b35-22+/t37-/m1/s1. The molecule has 1 amide bonds. The van der Waals surface area contributed by atoms with Gasteiger partial charge in [-0.15, -0.1) is 0 Å². The minimum Gasteiger partial charge on any atom is -0.490 e. The minimum absolute atomic E-state index is 0.208. The van der Waals surface area contributed by atoms with Crippen LogP contribution in [-0.2, 0) is 11.4 Å². The van der Waals surface area contributed by atoms with E-state index < -0.39 is 6.04 Å². The highest BCUT2D eigenvalue weighted by molar-refractivity contribution is 7.07. The monoisotopic (exact) mass is 668 g/mol. The average molecular weight is 669 g/mol. The highest BCUT2D eigenvalue weighted by atomic mass is 32.1. The Balaban J connectivity index is 1.39. The summed E-state index contributed by atoms with van der Waals surface area (Å²) in [4.78, 5) is 33.4. The molecule has 9 heteroatoms. The number of allylic oxidation sites excluding steroid dienone is 1. The zero-order valence-corrected chi connectivity index (χ0v) is 28.6. The van der Waals surface area contributed by atoms with Gasteiger partial charge >= 0.3 is 0 Å². The number of fused-ring (bicyclic) bond motifs is 1. The van der Waals surface area contributed by atoms with Crippen molar-refractivity contribution in [3.05, 3.63) is 156 Å². The topological polar surface area (TPSA) is 106 Å². The highest BCUT2D eigenvalue weighted by Gasteiger charge is 2.32. The van der Waals surface area contributed by atoms with Crippen LogP contribution in [0.5, 0.6) is 11.5 Å². The number of ether oxygens (including phenoxy) is 2. The van der Waals surface area contributed by atoms with Crippen molar-refractivity contribution >= 4 is 29.0 Å². The fourth-order valence-electron chi connectivity index (χ4n) is 5.77. The first-order valence-corrected chi connectivity index (χ1v) is 17.0. The van der Waals surface area contributed by atoms with Crippen LogP contribution in [0.3, 0.4) is 0 Å². The van der Waals surface area contributed by atoms with Crippen LogP contribution in [0.25, 0.3) is 6.08 Å². The van der Waals surface area contributed by atoms with Gasteiger partial charge in [-0.3, -0.25) is 14.2 Å². The molecule has 0 saturated heterocycles. The van der Waals surface area contributed by atoms with E-state index in [1.54, 1.807) is 16.7 Å². The van der Waals surface area contributed by atoms with Crippen molar-refractivity contribution in [2.75, 3.05) is 11.9 Å². The highest BCUT2D eigenvalue weighted by Crippen LogP contribution is 2.32. The van der Waals surface area contributed by atoms with E-state index in [9.17, 15) is 14.9 Å². The van der Waals surface area contributed by atoms with Gasteiger partial charge in [0.25, 0.3) is 11.5 Å². The number of thiazole rings is 1. The number of carbonyl (C=O) groups is 1. The summed E-state index contributed by atoms with van der Waals surface area (Å²) in [6, 6.07) is 31.7. The third-order valence-corrected chi connectivity index (χ3v) is 9.29. The van der Waals surface area contributed by atoms with Gasteiger partial charge < -0.3 is 14.8 Å². The van der Waals surface area contributed by atoms with Crippen LogP contribution in [-0.4, -0.2) is 17.1 Å². The maximum absolute atomic E-state index is 14.3. The van der Waals surface area contributed by atoms with Crippen molar-refractivity contribution in [3.8, 4) is 17.6 Å². The van der Waals surface area contributed by atoms with E-state index in [-0.39, 0.29) is 18.1 Å². The normalized spacial score (nSPS) is 14.2. The number of hydrogen-bond donors (Lipinski definition) is 1. The molecular formula is C40H36N4O4S. The lowest BCUT2D eigenvalue weighted by Crippen LogP contribution is -2.40. The van der Waals surface area contributed by atoms with Crippen molar-refractivity contribution < 1.29 is 14.3 Å². The summed E-state index contributed by atoms with van der Waals surface area (Å²) in [5, 5.41) is 12.5. The number of rotatable bonds is 10. The number of nitriles is 1. The molecule has 4 aromatic carbocycles. The van der Waals surface area contributed by atoms with Gasteiger partial charge in [-0.25, -0.2) is 4.99 Å². The molecule has 0 unspecified atom stereocenters. The molecule has 1 aliphatic rings. The van der Waals surface area contributed by atoms with E-state index in [4.69, 9.17) is 14.5 Å². The average Bonchev–Trinajstić information content (AvgIpc) is 3.41. The molecule has 1 N–H and O–H groups in total. The first kappa shape index (κ1) is 33.2. The number of nitrogens with one attached hydrogen (secondary N) is 1. The largest absolute Gasteiger partial charge is 0.490 e. The van der Waals surface area contributed by atoms with Gasteiger partial charge in [0.15, 0.2) is 16.3 Å². The Morgan fingerprint density at radius 3 is 2.45 bits per heavy atom. The Labute approximate surface area is 288 Å². The molecule has 5 aromatic rings. The second kappa shape index (κ2) is 14.6. The molecule has 1 aliphatic heterocycles. The summed E-state index contributed by atoms with van der Waals surface area (Å²) in [5.74, 6) is 1.08. The number of anilines is 1. The Morgan fingerprint density at radius 1 is 1.00 bits per heavy atom. The van der Waals surface area contributed by atoms with E-state index >= 15 is 0 Å². The second-order valence-electron chi connectivity index (χ2n) is 11.9. The second-order valence-corrected chi connectivity index (χ2v) is 12.9. The molecule has 6 rings (SSSR count). The van der Waals surface area contributed by atoms with Crippen molar-refractivity contribution in [1.29, 1.82) is 5.26 Å². The molecule has 0 fully saturated rings. The van der Waals surface area contributed by atoms with E-state index in [2.05, 4.69) is 37.4 Å². The summed E-state index contributed by atoms with van der Waals surface area (Å²) in [6.45, 7) is 8.59. The number of benzene rings is 4. The van der Waals surface area contributed by atoms with Crippen LogP contribution in [0.2, 0.25) is 0 Å². The molecule has 0 aliphatic carbocycles. The van der Waals surface area contributed by atoms with Crippen molar-refractivity contribution in [2.24, 2.45) is 4.99 Å². The third-order valence-electron chi connectivity index (χ3n) is 8.30. The molecule has 1 aromatic heterocycles. The zero-order valence-electron chi connectivity index (χ0n) is 27.8.